The average molecular weight is 258 g/mol. The first kappa shape index (κ1) is 12.5. The van der Waals surface area contributed by atoms with Crippen LogP contribution in [0.15, 0.2) is 17.3 Å². The van der Waals surface area contributed by atoms with Crippen molar-refractivity contribution in [2.45, 2.75) is 23.9 Å². The van der Waals surface area contributed by atoms with E-state index in [-0.39, 0.29) is 5.03 Å². The zero-order chi connectivity index (χ0) is 12.5. The lowest BCUT2D eigenvalue weighted by atomic mass is 10.1. The van der Waals surface area contributed by atoms with E-state index in [0.717, 1.165) is 12.8 Å². The minimum atomic E-state index is -3.40. The smallest absolute Gasteiger partial charge is 0.260 e. The number of aromatic amines is 1. The number of nitrogens with one attached hydrogen (secondary N) is 1. The van der Waals surface area contributed by atoms with Crippen molar-refractivity contribution in [1.29, 1.82) is 0 Å². The summed E-state index contributed by atoms with van der Waals surface area (Å²) < 4.78 is 26.0. The molecule has 7 heteroatoms. The highest BCUT2D eigenvalue weighted by molar-refractivity contribution is 7.89. The largest absolute Gasteiger partial charge is 0.305 e. The van der Waals surface area contributed by atoms with Crippen LogP contribution in [0.25, 0.3) is 0 Å². The van der Waals surface area contributed by atoms with Crippen molar-refractivity contribution >= 4 is 10.0 Å². The molecule has 1 aromatic heterocycles. The third-order valence-corrected chi connectivity index (χ3v) is 4.98. The number of likely N-dealkylation sites (N-methyl/N-ethyl adjacent to an activating group) is 1. The molecule has 96 valence electrons. The molecular formula is C10H18N4O2S. The maximum atomic E-state index is 12.3. The monoisotopic (exact) mass is 258 g/mol. The molecule has 0 saturated carbocycles. The van der Waals surface area contributed by atoms with Gasteiger partial charge in [0.15, 0.2) is 5.03 Å². The van der Waals surface area contributed by atoms with Crippen LogP contribution in [0.2, 0.25) is 0 Å². The van der Waals surface area contributed by atoms with E-state index >= 15 is 0 Å². The maximum Gasteiger partial charge on any atom is 0.260 e. The van der Waals surface area contributed by atoms with Crippen molar-refractivity contribution in [3.63, 3.8) is 0 Å². The maximum absolute atomic E-state index is 12.3. The summed E-state index contributed by atoms with van der Waals surface area (Å²) in [7, 11) is 0.570. The standard InChI is InChI=1S/C10H18N4O2S/c1-13(2)9-4-3-7-14(8-9)17(15,16)10-5-6-11-12-10/h5-6,9H,3-4,7-8H2,1-2H3,(H,11,12). The van der Waals surface area contributed by atoms with E-state index in [2.05, 4.69) is 15.1 Å². The molecule has 1 unspecified atom stereocenters. The first-order valence-electron chi connectivity index (χ1n) is 5.68. The summed E-state index contributed by atoms with van der Waals surface area (Å²) in [6.07, 6.45) is 3.40. The molecule has 1 atom stereocenters. The Morgan fingerprint density at radius 3 is 2.88 bits per heavy atom. The molecule has 2 rings (SSSR count). The van der Waals surface area contributed by atoms with Gasteiger partial charge in [0, 0.05) is 19.1 Å². The van der Waals surface area contributed by atoms with E-state index in [4.69, 9.17) is 0 Å². The van der Waals surface area contributed by atoms with E-state index in [0.29, 0.717) is 19.1 Å². The summed E-state index contributed by atoms with van der Waals surface area (Å²) in [5.74, 6) is 0. The minimum absolute atomic E-state index is 0.178. The number of sulfonamides is 1. The van der Waals surface area contributed by atoms with Crippen LogP contribution in [-0.2, 0) is 10.0 Å². The third-order valence-electron chi connectivity index (χ3n) is 3.18. The predicted octanol–water partition coefficient (Wildman–Crippen LogP) is 0.124. The highest BCUT2D eigenvalue weighted by Gasteiger charge is 2.31. The van der Waals surface area contributed by atoms with Crippen LogP contribution in [0.4, 0.5) is 0 Å². The summed E-state index contributed by atoms with van der Waals surface area (Å²) in [6.45, 7) is 1.14. The van der Waals surface area contributed by atoms with Gasteiger partial charge in [-0.3, -0.25) is 5.10 Å². The quantitative estimate of drug-likeness (QED) is 0.836. The zero-order valence-electron chi connectivity index (χ0n) is 10.1. The Balaban J connectivity index is 2.17. The molecule has 17 heavy (non-hydrogen) atoms. The summed E-state index contributed by atoms with van der Waals surface area (Å²) in [4.78, 5) is 2.08. The van der Waals surface area contributed by atoms with Gasteiger partial charge in [0.2, 0.25) is 0 Å². The van der Waals surface area contributed by atoms with Crippen molar-refractivity contribution in [3.05, 3.63) is 12.3 Å². The van der Waals surface area contributed by atoms with Crippen LogP contribution in [0.1, 0.15) is 12.8 Å². The van der Waals surface area contributed by atoms with Gasteiger partial charge in [-0.2, -0.15) is 9.40 Å². The Morgan fingerprint density at radius 1 is 1.53 bits per heavy atom. The van der Waals surface area contributed by atoms with Crippen LogP contribution in [0.5, 0.6) is 0 Å². The summed E-state index contributed by atoms with van der Waals surface area (Å²) in [5.41, 5.74) is 0. The number of H-pyrrole nitrogens is 1. The third kappa shape index (κ3) is 2.51. The Bertz CT molecular complexity index is 455. The second kappa shape index (κ2) is 4.75. The van der Waals surface area contributed by atoms with Crippen LogP contribution in [-0.4, -0.2) is 61.0 Å². The van der Waals surface area contributed by atoms with Crippen molar-refractivity contribution in [2.24, 2.45) is 0 Å². The van der Waals surface area contributed by atoms with Gasteiger partial charge in [-0.15, -0.1) is 0 Å². The minimum Gasteiger partial charge on any atom is -0.305 e. The molecule has 1 fully saturated rings. The van der Waals surface area contributed by atoms with E-state index in [1.165, 1.54) is 16.6 Å². The molecule has 0 radical (unpaired) electrons. The molecule has 6 nitrogen and oxygen atoms in total. The molecular weight excluding hydrogens is 240 g/mol. The van der Waals surface area contributed by atoms with Crippen molar-refractivity contribution in [3.8, 4) is 0 Å². The van der Waals surface area contributed by atoms with Gasteiger partial charge in [0.1, 0.15) is 0 Å². The number of hydrogen-bond donors (Lipinski definition) is 1. The first-order chi connectivity index (χ1) is 8.01. The number of nitrogens with zero attached hydrogens (tertiary/aromatic N) is 3. The van der Waals surface area contributed by atoms with Gasteiger partial charge in [-0.25, -0.2) is 8.42 Å². The van der Waals surface area contributed by atoms with Crippen LogP contribution in [0, 0.1) is 0 Å². The Labute approximate surface area is 102 Å². The lowest BCUT2D eigenvalue weighted by Gasteiger charge is -2.34. The lowest BCUT2D eigenvalue weighted by molar-refractivity contribution is 0.190. The molecule has 0 aromatic carbocycles. The molecule has 1 aliphatic heterocycles. The molecule has 0 amide bonds. The predicted molar refractivity (Wildman–Crippen MR) is 64.1 cm³/mol. The highest BCUT2D eigenvalue weighted by atomic mass is 32.2. The molecule has 0 bridgehead atoms. The van der Waals surface area contributed by atoms with E-state index < -0.39 is 10.0 Å². The molecule has 1 saturated heterocycles. The normalized spacial score (nSPS) is 23.1. The van der Waals surface area contributed by atoms with Gasteiger partial charge in [0.05, 0.1) is 6.20 Å². The van der Waals surface area contributed by atoms with Gasteiger partial charge in [0.25, 0.3) is 10.0 Å². The highest BCUT2D eigenvalue weighted by Crippen LogP contribution is 2.20. The number of piperidine rings is 1. The second-order valence-electron chi connectivity index (χ2n) is 4.54. The Kier molecular flexibility index (Phi) is 3.50. The Morgan fingerprint density at radius 2 is 2.29 bits per heavy atom. The summed E-state index contributed by atoms with van der Waals surface area (Å²) >= 11 is 0. The fourth-order valence-electron chi connectivity index (χ4n) is 2.09. The topological polar surface area (TPSA) is 69.3 Å². The number of hydrogen-bond acceptors (Lipinski definition) is 4. The van der Waals surface area contributed by atoms with Gasteiger partial charge >= 0.3 is 0 Å². The molecule has 2 heterocycles. The number of aromatic nitrogens is 2. The molecule has 1 aromatic rings. The second-order valence-corrected chi connectivity index (χ2v) is 6.45. The van der Waals surface area contributed by atoms with Crippen molar-refractivity contribution < 1.29 is 8.42 Å². The summed E-state index contributed by atoms with van der Waals surface area (Å²) in [5, 5.41) is 6.40. The zero-order valence-corrected chi connectivity index (χ0v) is 10.9. The van der Waals surface area contributed by atoms with Gasteiger partial charge < -0.3 is 4.90 Å². The van der Waals surface area contributed by atoms with Crippen molar-refractivity contribution in [1.82, 2.24) is 19.4 Å². The fourth-order valence-corrected chi connectivity index (χ4v) is 3.50. The van der Waals surface area contributed by atoms with E-state index in [9.17, 15) is 8.42 Å². The average Bonchev–Trinajstić information content (AvgIpc) is 2.83. The lowest BCUT2D eigenvalue weighted by Crippen LogP contribution is -2.47. The molecule has 0 spiro atoms. The van der Waals surface area contributed by atoms with Crippen LogP contribution in [0.3, 0.4) is 0 Å². The van der Waals surface area contributed by atoms with Gasteiger partial charge in [-0.05, 0) is 33.0 Å². The SMILES string of the molecule is CN(C)C1CCCN(S(=O)(=O)c2ccn[nH]2)C1. The first-order valence-corrected chi connectivity index (χ1v) is 7.12. The van der Waals surface area contributed by atoms with Crippen LogP contribution >= 0.6 is 0 Å². The van der Waals surface area contributed by atoms with Crippen LogP contribution < -0.4 is 0 Å². The number of rotatable bonds is 3. The molecule has 1 N–H and O–H groups in total. The van der Waals surface area contributed by atoms with E-state index in [1.807, 2.05) is 14.1 Å². The van der Waals surface area contributed by atoms with Gasteiger partial charge in [-0.1, -0.05) is 0 Å². The summed E-state index contributed by atoms with van der Waals surface area (Å²) in [6, 6.07) is 1.79. The molecule has 1 aliphatic rings. The Hall–Kier alpha value is -0.920. The van der Waals surface area contributed by atoms with E-state index in [1.54, 1.807) is 0 Å². The van der Waals surface area contributed by atoms with Crippen molar-refractivity contribution in [2.75, 3.05) is 27.2 Å². The fraction of sp³-hybridized carbons (Fsp3) is 0.700. The molecule has 0 aliphatic carbocycles.